The number of unbranched alkanes of at least 4 members (excludes halogenated alkanes) is 1. The predicted octanol–water partition coefficient (Wildman–Crippen LogP) is 4.35. The van der Waals surface area contributed by atoms with Gasteiger partial charge in [-0.2, -0.15) is 4.80 Å². The van der Waals surface area contributed by atoms with Crippen LogP contribution in [0.25, 0.3) is 17.4 Å². The minimum absolute atomic E-state index is 0.176. The quantitative estimate of drug-likeness (QED) is 0.611. The van der Waals surface area contributed by atoms with Gasteiger partial charge in [0.25, 0.3) is 11.9 Å². The third-order valence-corrected chi connectivity index (χ3v) is 4.29. The van der Waals surface area contributed by atoms with Gasteiger partial charge >= 0.3 is 0 Å². The van der Waals surface area contributed by atoms with E-state index in [1.54, 1.807) is 12.1 Å². The topological polar surface area (TPSA) is 85.8 Å². The SMILES string of the molecule is CCCCn1nnc(NC(=O)/C=C/c2ccc(-c3ccc(C)c(Cl)c3)o2)n1. The Labute approximate surface area is 162 Å². The van der Waals surface area contributed by atoms with E-state index >= 15 is 0 Å². The molecule has 0 bridgehead atoms. The second-order valence-electron chi connectivity index (χ2n) is 6.05. The first kappa shape index (κ1) is 18.8. The van der Waals surface area contributed by atoms with Crippen LogP contribution in [0.4, 0.5) is 5.95 Å². The largest absolute Gasteiger partial charge is 0.457 e. The number of halogens is 1. The molecule has 140 valence electrons. The molecular formula is C19H20ClN5O2. The van der Waals surface area contributed by atoms with Gasteiger partial charge < -0.3 is 4.42 Å². The molecule has 0 radical (unpaired) electrons. The fraction of sp³-hybridized carbons (Fsp3) is 0.263. The Morgan fingerprint density at radius 1 is 1.33 bits per heavy atom. The van der Waals surface area contributed by atoms with Crippen LogP contribution in [0, 0.1) is 6.92 Å². The molecular weight excluding hydrogens is 366 g/mol. The van der Waals surface area contributed by atoms with E-state index in [0.29, 0.717) is 23.1 Å². The van der Waals surface area contributed by atoms with Crippen LogP contribution >= 0.6 is 11.6 Å². The van der Waals surface area contributed by atoms with Crippen molar-refractivity contribution < 1.29 is 9.21 Å². The lowest BCUT2D eigenvalue weighted by Gasteiger charge is -2.00. The monoisotopic (exact) mass is 385 g/mol. The normalized spacial score (nSPS) is 11.2. The number of nitrogens with one attached hydrogen (secondary N) is 1. The molecule has 0 atom stereocenters. The smallest absolute Gasteiger partial charge is 0.270 e. The minimum Gasteiger partial charge on any atom is -0.457 e. The van der Waals surface area contributed by atoms with Crippen molar-refractivity contribution in [1.82, 2.24) is 20.2 Å². The van der Waals surface area contributed by atoms with Gasteiger partial charge in [0.1, 0.15) is 11.5 Å². The lowest BCUT2D eigenvalue weighted by molar-refractivity contribution is -0.111. The summed E-state index contributed by atoms with van der Waals surface area (Å²) in [5.74, 6) is 1.05. The summed E-state index contributed by atoms with van der Waals surface area (Å²) in [5, 5.41) is 15.0. The molecule has 0 aliphatic rings. The number of hydrogen-bond donors (Lipinski definition) is 1. The van der Waals surface area contributed by atoms with Crippen molar-refractivity contribution in [3.05, 3.63) is 52.8 Å². The van der Waals surface area contributed by atoms with Crippen molar-refractivity contribution in [3.8, 4) is 11.3 Å². The molecule has 7 nitrogen and oxygen atoms in total. The van der Waals surface area contributed by atoms with Gasteiger partial charge in [0.05, 0.1) is 6.54 Å². The average Bonchev–Trinajstić information content (AvgIpc) is 3.30. The zero-order valence-corrected chi connectivity index (χ0v) is 15.9. The molecule has 1 aromatic carbocycles. The Bertz CT molecular complexity index is 961. The fourth-order valence-corrected chi connectivity index (χ4v) is 2.52. The molecule has 0 aliphatic heterocycles. The zero-order valence-electron chi connectivity index (χ0n) is 15.1. The number of benzene rings is 1. The Kier molecular flexibility index (Phi) is 6.03. The number of anilines is 1. The number of hydrogen-bond acceptors (Lipinski definition) is 5. The van der Waals surface area contributed by atoms with Crippen LogP contribution < -0.4 is 5.32 Å². The zero-order chi connectivity index (χ0) is 19.2. The van der Waals surface area contributed by atoms with E-state index < -0.39 is 0 Å². The molecule has 3 rings (SSSR count). The van der Waals surface area contributed by atoms with Gasteiger partial charge in [-0.3, -0.25) is 10.1 Å². The van der Waals surface area contributed by atoms with Crippen LogP contribution in [0.2, 0.25) is 5.02 Å². The Balaban J connectivity index is 1.60. The van der Waals surface area contributed by atoms with E-state index in [4.69, 9.17) is 16.0 Å². The number of aryl methyl sites for hydroxylation is 2. The standard InChI is InChI=1S/C19H20ClN5O2/c1-3-4-11-25-23-19(22-24-25)21-18(26)10-8-15-7-9-17(27-15)14-6-5-13(2)16(20)12-14/h5-10,12H,3-4,11H2,1-2H3,(H,21,23,26)/b10-8+. The molecule has 2 heterocycles. The van der Waals surface area contributed by atoms with Gasteiger partial charge in [-0.1, -0.05) is 42.2 Å². The molecule has 1 amide bonds. The van der Waals surface area contributed by atoms with Crippen LogP contribution in [0.15, 0.2) is 40.8 Å². The Morgan fingerprint density at radius 3 is 2.96 bits per heavy atom. The summed E-state index contributed by atoms with van der Waals surface area (Å²) in [6.45, 7) is 4.70. The number of carbonyl (C=O) groups is 1. The van der Waals surface area contributed by atoms with Gasteiger partial charge in [0, 0.05) is 16.7 Å². The number of amides is 1. The number of aromatic nitrogens is 4. The maximum Gasteiger partial charge on any atom is 0.270 e. The van der Waals surface area contributed by atoms with Crippen LogP contribution in [0.5, 0.6) is 0 Å². The van der Waals surface area contributed by atoms with E-state index in [-0.39, 0.29) is 11.9 Å². The molecule has 0 saturated carbocycles. The number of furan rings is 1. The van der Waals surface area contributed by atoms with Crippen molar-refractivity contribution >= 4 is 29.5 Å². The lowest BCUT2D eigenvalue weighted by Crippen LogP contribution is -2.10. The van der Waals surface area contributed by atoms with Crippen LogP contribution in [0.1, 0.15) is 31.1 Å². The van der Waals surface area contributed by atoms with Crippen molar-refractivity contribution in [2.24, 2.45) is 0 Å². The Morgan fingerprint density at radius 2 is 2.19 bits per heavy atom. The predicted molar refractivity (Wildman–Crippen MR) is 104 cm³/mol. The van der Waals surface area contributed by atoms with Crippen LogP contribution in [-0.2, 0) is 11.3 Å². The van der Waals surface area contributed by atoms with Crippen molar-refractivity contribution in [3.63, 3.8) is 0 Å². The second kappa shape index (κ2) is 8.64. The Hall–Kier alpha value is -2.93. The highest BCUT2D eigenvalue weighted by Gasteiger charge is 2.07. The molecule has 3 aromatic rings. The van der Waals surface area contributed by atoms with Crippen LogP contribution in [0.3, 0.4) is 0 Å². The number of rotatable bonds is 7. The summed E-state index contributed by atoms with van der Waals surface area (Å²) in [4.78, 5) is 13.5. The summed E-state index contributed by atoms with van der Waals surface area (Å²) >= 11 is 6.15. The van der Waals surface area contributed by atoms with Gasteiger partial charge in [-0.05, 0) is 48.4 Å². The molecule has 0 fully saturated rings. The summed E-state index contributed by atoms with van der Waals surface area (Å²) in [5.41, 5.74) is 1.88. The molecule has 0 saturated heterocycles. The third kappa shape index (κ3) is 5.04. The van der Waals surface area contributed by atoms with Crippen molar-refractivity contribution in [1.29, 1.82) is 0 Å². The van der Waals surface area contributed by atoms with E-state index in [9.17, 15) is 4.79 Å². The fourth-order valence-electron chi connectivity index (χ4n) is 2.34. The van der Waals surface area contributed by atoms with Gasteiger partial charge in [0.2, 0.25) is 0 Å². The molecule has 0 unspecified atom stereocenters. The summed E-state index contributed by atoms with van der Waals surface area (Å²) in [6, 6.07) is 9.34. The molecule has 8 heteroatoms. The third-order valence-electron chi connectivity index (χ3n) is 3.88. The number of carbonyl (C=O) groups excluding carboxylic acids is 1. The van der Waals surface area contributed by atoms with Gasteiger partial charge in [0.15, 0.2) is 0 Å². The number of nitrogens with zero attached hydrogens (tertiary/aromatic N) is 4. The lowest BCUT2D eigenvalue weighted by atomic mass is 10.1. The van der Waals surface area contributed by atoms with E-state index in [1.807, 2.05) is 31.2 Å². The molecule has 0 aliphatic carbocycles. The molecule has 0 spiro atoms. The average molecular weight is 386 g/mol. The maximum atomic E-state index is 12.0. The summed E-state index contributed by atoms with van der Waals surface area (Å²) in [7, 11) is 0. The van der Waals surface area contributed by atoms with Crippen LogP contribution in [-0.4, -0.2) is 26.1 Å². The highest BCUT2D eigenvalue weighted by atomic mass is 35.5. The number of tetrazole rings is 1. The van der Waals surface area contributed by atoms with E-state index in [0.717, 1.165) is 24.0 Å². The first-order valence-electron chi connectivity index (χ1n) is 8.68. The minimum atomic E-state index is -0.360. The van der Waals surface area contributed by atoms with E-state index in [2.05, 4.69) is 27.7 Å². The molecule has 1 N–H and O–H groups in total. The van der Waals surface area contributed by atoms with Crippen molar-refractivity contribution in [2.75, 3.05) is 5.32 Å². The van der Waals surface area contributed by atoms with Crippen molar-refractivity contribution in [2.45, 2.75) is 33.2 Å². The maximum absolute atomic E-state index is 12.0. The van der Waals surface area contributed by atoms with Gasteiger partial charge in [-0.15, -0.1) is 5.10 Å². The molecule has 2 aromatic heterocycles. The second-order valence-corrected chi connectivity index (χ2v) is 6.46. The summed E-state index contributed by atoms with van der Waals surface area (Å²) < 4.78 is 5.74. The highest BCUT2D eigenvalue weighted by molar-refractivity contribution is 6.31. The first-order valence-corrected chi connectivity index (χ1v) is 9.06. The van der Waals surface area contributed by atoms with Gasteiger partial charge in [-0.25, -0.2) is 0 Å². The van der Waals surface area contributed by atoms with E-state index in [1.165, 1.54) is 10.9 Å². The first-order chi connectivity index (χ1) is 13.0. The highest BCUT2D eigenvalue weighted by Crippen LogP contribution is 2.27. The molecule has 27 heavy (non-hydrogen) atoms. The summed E-state index contributed by atoms with van der Waals surface area (Å²) in [6.07, 6.45) is 4.93.